The Morgan fingerprint density at radius 1 is 1.30 bits per heavy atom. The van der Waals surface area contributed by atoms with Gasteiger partial charge < -0.3 is 20.5 Å². The Balaban J connectivity index is 2.20. The third-order valence-electron chi connectivity index (χ3n) is 4.70. The quantitative estimate of drug-likeness (QED) is 0.789. The van der Waals surface area contributed by atoms with Crippen LogP contribution in [0.1, 0.15) is 45.2 Å². The van der Waals surface area contributed by atoms with Crippen molar-refractivity contribution in [3.63, 3.8) is 0 Å². The second-order valence-electron chi connectivity index (χ2n) is 5.90. The van der Waals surface area contributed by atoms with Crippen LogP contribution in [-0.2, 0) is 4.79 Å². The van der Waals surface area contributed by atoms with E-state index in [1.54, 1.807) is 0 Å². The van der Waals surface area contributed by atoms with Crippen LogP contribution in [0.15, 0.2) is 16.6 Å². The normalized spacial score (nSPS) is 15.2. The Labute approximate surface area is 146 Å². The molecular formula is C17H25BrN2O3. The van der Waals surface area contributed by atoms with Crippen molar-refractivity contribution in [1.82, 2.24) is 5.32 Å². The van der Waals surface area contributed by atoms with E-state index in [0.29, 0.717) is 25.5 Å². The summed E-state index contributed by atoms with van der Waals surface area (Å²) in [5.41, 5.74) is 6.31. The van der Waals surface area contributed by atoms with Gasteiger partial charge >= 0.3 is 0 Å². The lowest BCUT2D eigenvalue weighted by atomic mass is 9.81. The third kappa shape index (κ3) is 3.63. The van der Waals surface area contributed by atoms with E-state index in [9.17, 15) is 4.79 Å². The van der Waals surface area contributed by atoms with Gasteiger partial charge in [-0.3, -0.25) is 4.79 Å². The molecule has 6 heteroatoms. The molecular weight excluding hydrogens is 360 g/mol. The van der Waals surface area contributed by atoms with Crippen LogP contribution in [0.3, 0.4) is 0 Å². The van der Waals surface area contributed by atoms with Crippen LogP contribution in [0.2, 0.25) is 0 Å². The van der Waals surface area contributed by atoms with Gasteiger partial charge in [0.25, 0.3) is 0 Å². The molecule has 1 unspecified atom stereocenters. The summed E-state index contributed by atoms with van der Waals surface area (Å²) >= 11 is 3.56. The van der Waals surface area contributed by atoms with Crippen LogP contribution in [0.5, 0.6) is 11.5 Å². The van der Waals surface area contributed by atoms with E-state index in [-0.39, 0.29) is 11.9 Å². The first-order valence-electron chi connectivity index (χ1n) is 8.07. The maximum absolute atomic E-state index is 12.7. The van der Waals surface area contributed by atoms with Crippen molar-refractivity contribution in [3.05, 3.63) is 22.2 Å². The van der Waals surface area contributed by atoms with E-state index in [4.69, 9.17) is 15.2 Å². The highest BCUT2D eigenvalue weighted by atomic mass is 79.9. The van der Waals surface area contributed by atoms with Crippen molar-refractivity contribution in [1.29, 1.82) is 0 Å². The molecule has 1 aromatic carbocycles. The summed E-state index contributed by atoms with van der Waals surface area (Å²) in [6.45, 7) is 7.40. The van der Waals surface area contributed by atoms with Crippen LogP contribution < -0.4 is 20.5 Å². The number of fused-ring (bicyclic) bond motifs is 1. The van der Waals surface area contributed by atoms with Gasteiger partial charge in [-0.15, -0.1) is 0 Å². The molecule has 1 aliphatic heterocycles. The van der Waals surface area contributed by atoms with Gasteiger partial charge in [0.1, 0.15) is 13.2 Å². The molecule has 0 bridgehead atoms. The first kappa shape index (κ1) is 18.1. The number of nitrogens with two attached hydrogens (primary N) is 1. The van der Waals surface area contributed by atoms with Gasteiger partial charge in [0.2, 0.25) is 5.91 Å². The minimum absolute atomic E-state index is 0.000658. The molecule has 0 saturated carbocycles. The van der Waals surface area contributed by atoms with Crippen molar-refractivity contribution in [3.8, 4) is 11.5 Å². The Morgan fingerprint density at radius 2 is 1.87 bits per heavy atom. The molecule has 0 spiro atoms. The van der Waals surface area contributed by atoms with E-state index in [1.807, 2.05) is 32.9 Å². The second-order valence-corrected chi connectivity index (χ2v) is 6.76. The average Bonchev–Trinajstić information content (AvgIpc) is 2.56. The summed E-state index contributed by atoms with van der Waals surface area (Å²) in [5.74, 6) is 1.44. The van der Waals surface area contributed by atoms with Gasteiger partial charge in [-0.1, -0.05) is 29.8 Å². The van der Waals surface area contributed by atoms with Gasteiger partial charge in [0, 0.05) is 11.0 Å². The monoisotopic (exact) mass is 384 g/mol. The van der Waals surface area contributed by atoms with Crippen molar-refractivity contribution in [2.45, 2.75) is 39.7 Å². The number of carbonyl (C=O) groups is 1. The summed E-state index contributed by atoms with van der Waals surface area (Å²) in [5, 5.41) is 3.09. The molecule has 128 valence electrons. The predicted molar refractivity (Wildman–Crippen MR) is 93.8 cm³/mol. The van der Waals surface area contributed by atoms with Gasteiger partial charge in [0.05, 0.1) is 11.5 Å². The SMILES string of the molecule is CCC(CC)(CN)C(=O)NC(C)c1cc2c(cc1Br)OCCO2. The third-order valence-corrected chi connectivity index (χ3v) is 5.39. The topological polar surface area (TPSA) is 73.6 Å². The average molecular weight is 385 g/mol. The fraction of sp³-hybridized carbons (Fsp3) is 0.588. The Hall–Kier alpha value is -1.27. The van der Waals surface area contributed by atoms with Gasteiger partial charge in [-0.2, -0.15) is 0 Å². The van der Waals surface area contributed by atoms with E-state index in [1.165, 1.54) is 0 Å². The first-order valence-corrected chi connectivity index (χ1v) is 8.86. The lowest BCUT2D eigenvalue weighted by Gasteiger charge is -2.31. The molecule has 1 heterocycles. The van der Waals surface area contributed by atoms with E-state index in [2.05, 4.69) is 21.2 Å². The molecule has 23 heavy (non-hydrogen) atoms. The molecule has 1 atom stereocenters. The zero-order chi connectivity index (χ0) is 17.0. The van der Waals surface area contributed by atoms with Crippen molar-refractivity contribution in [2.24, 2.45) is 11.1 Å². The van der Waals surface area contributed by atoms with E-state index < -0.39 is 5.41 Å². The number of nitrogens with one attached hydrogen (secondary N) is 1. The minimum Gasteiger partial charge on any atom is -0.486 e. The summed E-state index contributed by atoms with van der Waals surface area (Å²) in [6, 6.07) is 3.66. The maximum Gasteiger partial charge on any atom is 0.227 e. The highest BCUT2D eigenvalue weighted by Gasteiger charge is 2.34. The maximum atomic E-state index is 12.7. The highest BCUT2D eigenvalue weighted by Crippen LogP contribution is 2.38. The predicted octanol–water partition coefficient (Wildman–Crippen LogP) is 3.16. The number of halogens is 1. The number of ether oxygens (including phenoxy) is 2. The minimum atomic E-state index is -0.505. The summed E-state index contributed by atoms with van der Waals surface area (Å²) in [6.07, 6.45) is 1.45. The number of carbonyl (C=O) groups excluding carboxylic acids is 1. The zero-order valence-electron chi connectivity index (χ0n) is 13.9. The van der Waals surface area contributed by atoms with Gasteiger partial charge in [0.15, 0.2) is 11.5 Å². The molecule has 1 aromatic rings. The number of rotatable bonds is 6. The first-order chi connectivity index (χ1) is 11.0. The molecule has 0 aliphatic carbocycles. The largest absolute Gasteiger partial charge is 0.486 e. The molecule has 0 saturated heterocycles. The summed E-state index contributed by atoms with van der Waals surface area (Å²) in [4.78, 5) is 12.7. The zero-order valence-corrected chi connectivity index (χ0v) is 15.5. The number of benzene rings is 1. The number of hydrogen-bond acceptors (Lipinski definition) is 4. The Kier molecular flexibility index (Phi) is 5.92. The smallest absolute Gasteiger partial charge is 0.227 e. The van der Waals surface area contributed by atoms with Crippen molar-refractivity contribution in [2.75, 3.05) is 19.8 Å². The summed E-state index contributed by atoms with van der Waals surface area (Å²) < 4.78 is 12.1. The van der Waals surface area contributed by atoms with Crippen LogP contribution in [0.25, 0.3) is 0 Å². The summed E-state index contributed by atoms with van der Waals surface area (Å²) in [7, 11) is 0. The van der Waals surface area contributed by atoms with Crippen LogP contribution in [-0.4, -0.2) is 25.7 Å². The second kappa shape index (κ2) is 7.53. The Bertz CT molecular complexity index is 565. The lowest BCUT2D eigenvalue weighted by molar-refractivity contribution is -0.131. The standard InChI is InChI=1S/C17H25BrN2O3/c1-4-17(5-2,10-19)16(21)20-11(3)12-8-14-15(9-13(12)18)23-7-6-22-14/h8-9,11H,4-7,10,19H2,1-3H3,(H,20,21). The molecule has 1 aliphatic rings. The number of amides is 1. The molecule has 2 rings (SSSR count). The van der Waals surface area contributed by atoms with E-state index >= 15 is 0 Å². The molecule has 0 radical (unpaired) electrons. The molecule has 5 nitrogen and oxygen atoms in total. The number of hydrogen-bond donors (Lipinski definition) is 2. The fourth-order valence-electron chi connectivity index (χ4n) is 2.79. The lowest BCUT2D eigenvalue weighted by Crippen LogP contribution is -2.46. The molecule has 3 N–H and O–H groups in total. The van der Waals surface area contributed by atoms with Gasteiger partial charge in [-0.05, 0) is 37.5 Å². The Morgan fingerprint density at radius 3 is 2.39 bits per heavy atom. The van der Waals surface area contributed by atoms with Crippen LogP contribution in [0.4, 0.5) is 0 Å². The van der Waals surface area contributed by atoms with Crippen molar-refractivity contribution >= 4 is 21.8 Å². The van der Waals surface area contributed by atoms with Crippen molar-refractivity contribution < 1.29 is 14.3 Å². The molecule has 0 aromatic heterocycles. The van der Waals surface area contributed by atoms with Crippen LogP contribution in [0, 0.1) is 5.41 Å². The molecule has 0 fully saturated rings. The molecule has 1 amide bonds. The highest BCUT2D eigenvalue weighted by molar-refractivity contribution is 9.10. The van der Waals surface area contributed by atoms with E-state index in [0.717, 1.165) is 28.6 Å². The van der Waals surface area contributed by atoms with Crippen LogP contribution >= 0.6 is 15.9 Å². The van der Waals surface area contributed by atoms with Gasteiger partial charge in [-0.25, -0.2) is 0 Å². The fourth-order valence-corrected chi connectivity index (χ4v) is 3.46.